The summed E-state index contributed by atoms with van der Waals surface area (Å²) in [5.41, 5.74) is 0.781. The van der Waals surface area contributed by atoms with Gasteiger partial charge in [0, 0.05) is 11.1 Å². The second kappa shape index (κ2) is 7.30. The molecular weight excluding hydrogens is 363 g/mol. The smallest absolute Gasteiger partial charge is 0.272 e. The first-order valence-corrected chi connectivity index (χ1v) is 8.62. The lowest BCUT2D eigenvalue weighted by Crippen LogP contribution is -2.46. The molecule has 28 heavy (non-hydrogen) atoms. The molecule has 1 aromatic carbocycles. The van der Waals surface area contributed by atoms with Crippen molar-refractivity contribution < 1.29 is 9.13 Å². The van der Waals surface area contributed by atoms with E-state index in [1.165, 1.54) is 37.5 Å². The Morgan fingerprint density at radius 2 is 1.71 bits per heavy atom. The highest BCUT2D eigenvalue weighted by atomic mass is 19.1. The van der Waals surface area contributed by atoms with Crippen molar-refractivity contribution in [2.45, 2.75) is 26.2 Å². The van der Waals surface area contributed by atoms with E-state index in [1.54, 1.807) is 6.33 Å². The molecule has 0 amide bonds. The number of ether oxygens (including phenoxy) is 1. The van der Waals surface area contributed by atoms with Crippen LogP contribution in [0.3, 0.4) is 0 Å². The molecule has 2 heterocycles. The molecular formula is C20H21FN4O3. The summed E-state index contributed by atoms with van der Waals surface area (Å²) < 4.78 is 18.5. The van der Waals surface area contributed by atoms with Gasteiger partial charge in [-0.2, -0.15) is 0 Å². The van der Waals surface area contributed by atoms with E-state index in [2.05, 4.69) is 19.9 Å². The first kappa shape index (κ1) is 19.3. The first-order chi connectivity index (χ1) is 13.2. The molecule has 0 radical (unpaired) electrons. The number of methoxy groups -OCH3 is 1. The third-order valence-corrected chi connectivity index (χ3v) is 4.17. The van der Waals surface area contributed by atoms with Gasteiger partial charge in [-0.25, -0.2) is 9.37 Å². The minimum Gasteiger partial charge on any atom is -0.494 e. The van der Waals surface area contributed by atoms with Gasteiger partial charge in [0.15, 0.2) is 11.6 Å². The van der Waals surface area contributed by atoms with Crippen LogP contribution in [0, 0.1) is 5.82 Å². The molecule has 0 atom stereocenters. The van der Waals surface area contributed by atoms with Gasteiger partial charge in [0.2, 0.25) is 0 Å². The number of hydrogen-bond acceptors (Lipinski definition) is 4. The molecule has 2 aromatic heterocycles. The van der Waals surface area contributed by atoms with Crippen molar-refractivity contribution in [3.05, 3.63) is 78.7 Å². The maximum atomic E-state index is 13.5. The van der Waals surface area contributed by atoms with Crippen LogP contribution in [-0.4, -0.2) is 27.0 Å². The fraction of sp³-hybridized carbons (Fsp3) is 0.250. The van der Waals surface area contributed by atoms with Crippen LogP contribution in [0.4, 0.5) is 4.39 Å². The molecule has 0 aliphatic rings. The lowest BCUT2D eigenvalue weighted by Gasteiger charge is -2.16. The van der Waals surface area contributed by atoms with E-state index in [9.17, 15) is 14.0 Å². The van der Waals surface area contributed by atoms with Crippen LogP contribution >= 0.6 is 0 Å². The molecule has 0 aliphatic carbocycles. The van der Waals surface area contributed by atoms with Gasteiger partial charge in [-0.05, 0) is 29.8 Å². The van der Waals surface area contributed by atoms with E-state index in [-0.39, 0.29) is 21.9 Å². The Morgan fingerprint density at radius 3 is 2.32 bits per heavy atom. The number of nitrogens with one attached hydrogen (secondary N) is 3. The minimum absolute atomic E-state index is 0.0470. The van der Waals surface area contributed by atoms with Crippen LogP contribution in [-0.2, 0) is 5.41 Å². The zero-order valence-corrected chi connectivity index (χ0v) is 16.0. The predicted octanol–water partition coefficient (Wildman–Crippen LogP) is 0.889. The molecule has 3 N–H and O–H groups in total. The highest BCUT2D eigenvalue weighted by molar-refractivity contribution is 5.51. The number of aromatic amines is 3. The number of aromatic nitrogens is 4. The average Bonchev–Trinajstić information content (AvgIpc) is 3.09. The minimum atomic E-state index is -0.513. The summed E-state index contributed by atoms with van der Waals surface area (Å²) in [4.78, 5) is 37.3. The summed E-state index contributed by atoms with van der Waals surface area (Å²) in [5, 5.41) is 0.144. The second-order valence-corrected chi connectivity index (χ2v) is 7.33. The van der Waals surface area contributed by atoms with E-state index < -0.39 is 16.9 Å². The van der Waals surface area contributed by atoms with E-state index in [1.807, 2.05) is 20.8 Å². The average molecular weight is 384 g/mol. The van der Waals surface area contributed by atoms with E-state index in [4.69, 9.17) is 4.74 Å². The van der Waals surface area contributed by atoms with Gasteiger partial charge in [0.25, 0.3) is 11.1 Å². The molecule has 0 saturated carbocycles. The molecule has 8 heteroatoms. The molecule has 7 nitrogen and oxygen atoms in total. The summed E-state index contributed by atoms with van der Waals surface area (Å²) in [6.45, 7) is 6.04. The van der Waals surface area contributed by atoms with Crippen molar-refractivity contribution >= 4 is 12.2 Å². The highest BCUT2D eigenvalue weighted by Gasteiger charge is 2.19. The highest BCUT2D eigenvalue weighted by Crippen LogP contribution is 2.22. The summed E-state index contributed by atoms with van der Waals surface area (Å²) in [6, 6.07) is 4.14. The molecule has 0 bridgehead atoms. The van der Waals surface area contributed by atoms with Crippen LogP contribution in [0.1, 0.15) is 37.7 Å². The van der Waals surface area contributed by atoms with Crippen molar-refractivity contribution in [1.82, 2.24) is 19.9 Å². The number of hydrogen-bond donors (Lipinski definition) is 3. The number of imidazole rings is 1. The van der Waals surface area contributed by atoms with Gasteiger partial charge in [0.1, 0.15) is 10.7 Å². The van der Waals surface area contributed by atoms with Gasteiger partial charge >= 0.3 is 0 Å². The Hall–Kier alpha value is -3.42. The lowest BCUT2D eigenvalue weighted by molar-refractivity contribution is 0.386. The van der Waals surface area contributed by atoms with Crippen molar-refractivity contribution in [3.63, 3.8) is 0 Å². The molecule has 0 saturated heterocycles. The maximum absolute atomic E-state index is 13.5. The number of benzene rings is 1. The third kappa shape index (κ3) is 3.95. The van der Waals surface area contributed by atoms with Crippen molar-refractivity contribution in [3.8, 4) is 5.75 Å². The monoisotopic (exact) mass is 384 g/mol. The van der Waals surface area contributed by atoms with Crippen molar-refractivity contribution in [1.29, 1.82) is 0 Å². The second-order valence-electron chi connectivity index (χ2n) is 7.33. The third-order valence-electron chi connectivity index (χ3n) is 4.17. The molecule has 0 unspecified atom stereocenters. The van der Waals surface area contributed by atoms with Gasteiger partial charge in [-0.15, -0.1) is 0 Å². The number of nitrogens with zero attached hydrogens (tertiary/aromatic N) is 1. The first-order valence-electron chi connectivity index (χ1n) is 8.62. The van der Waals surface area contributed by atoms with E-state index in [0.29, 0.717) is 11.3 Å². The molecule has 0 fully saturated rings. The van der Waals surface area contributed by atoms with Crippen LogP contribution in [0.15, 0.2) is 34.1 Å². The SMILES string of the molecule is COc1cc(C=c2[nH]c(=O)c(=Cc3nc[nH]c3C(C)(C)C)[nH]c2=O)ccc1F. The molecule has 0 spiro atoms. The van der Waals surface area contributed by atoms with Gasteiger partial charge in [0.05, 0.1) is 19.1 Å². The Balaban J connectivity index is 2.12. The summed E-state index contributed by atoms with van der Waals surface area (Å²) in [5.74, 6) is -0.466. The lowest BCUT2D eigenvalue weighted by atomic mass is 9.90. The molecule has 3 rings (SSSR count). The van der Waals surface area contributed by atoms with E-state index >= 15 is 0 Å². The van der Waals surface area contributed by atoms with Crippen LogP contribution in [0.5, 0.6) is 5.75 Å². The van der Waals surface area contributed by atoms with Gasteiger partial charge in [-0.1, -0.05) is 26.8 Å². The zero-order chi connectivity index (χ0) is 20.5. The summed E-state index contributed by atoms with van der Waals surface area (Å²) in [7, 11) is 1.35. The van der Waals surface area contributed by atoms with Crippen molar-refractivity contribution in [2.24, 2.45) is 0 Å². The largest absolute Gasteiger partial charge is 0.494 e. The summed E-state index contributed by atoms with van der Waals surface area (Å²) in [6.07, 6.45) is 4.52. The Labute approximate surface area is 159 Å². The Kier molecular flexibility index (Phi) is 5.04. The van der Waals surface area contributed by atoms with Crippen LogP contribution < -0.4 is 26.6 Å². The predicted molar refractivity (Wildman–Crippen MR) is 104 cm³/mol. The normalized spacial score (nSPS) is 13.2. The number of H-pyrrole nitrogens is 3. The van der Waals surface area contributed by atoms with E-state index in [0.717, 1.165) is 5.69 Å². The van der Waals surface area contributed by atoms with Crippen molar-refractivity contribution in [2.75, 3.05) is 7.11 Å². The molecule has 3 aromatic rings. The number of halogens is 1. The summed E-state index contributed by atoms with van der Waals surface area (Å²) >= 11 is 0. The van der Waals surface area contributed by atoms with Gasteiger partial charge < -0.3 is 19.7 Å². The van der Waals surface area contributed by atoms with Crippen LogP contribution in [0.25, 0.3) is 12.2 Å². The molecule has 0 aliphatic heterocycles. The zero-order valence-electron chi connectivity index (χ0n) is 16.0. The Morgan fingerprint density at radius 1 is 1.07 bits per heavy atom. The van der Waals surface area contributed by atoms with Crippen LogP contribution in [0.2, 0.25) is 0 Å². The maximum Gasteiger partial charge on any atom is 0.272 e. The standard InChI is InChI=1S/C20H21FN4O3/c1-20(2,3)17-13(22-10-23-17)9-15-19(27)24-14(18(26)25-15)7-11-5-6-12(21)16(8-11)28-4/h5-10H,1-4H3,(H,22,23)(H,24,27)(H,25,26). The fourth-order valence-corrected chi connectivity index (χ4v) is 2.78. The Bertz CT molecular complexity index is 1250. The topological polar surface area (TPSA) is 104 Å². The number of rotatable bonds is 3. The fourth-order valence-electron chi connectivity index (χ4n) is 2.78. The quantitative estimate of drug-likeness (QED) is 0.624. The molecule has 146 valence electrons. The van der Waals surface area contributed by atoms with Gasteiger partial charge in [-0.3, -0.25) is 9.59 Å².